The van der Waals surface area contributed by atoms with Gasteiger partial charge in [0.1, 0.15) is 0 Å². The molecule has 0 bridgehead atoms. The fourth-order valence-corrected chi connectivity index (χ4v) is 2.08. The van der Waals surface area contributed by atoms with Crippen LogP contribution < -0.4 is 9.44 Å². The fourth-order valence-electron chi connectivity index (χ4n) is 1.27. The molecule has 0 saturated carbocycles. The Bertz CT molecular complexity index is 445. The average molecular weight is 274 g/mol. The van der Waals surface area contributed by atoms with Gasteiger partial charge in [-0.3, -0.25) is 0 Å². The Balaban J connectivity index is 2.43. The van der Waals surface area contributed by atoms with Crippen LogP contribution in [0.3, 0.4) is 0 Å². The Kier molecular flexibility index (Phi) is 6.23. The van der Waals surface area contributed by atoms with Gasteiger partial charge in [0.25, 0.3) is 10.2 Å². The molecule has 0 amide bonds. The van der Waals surface area contributed by atoms with Crippen molar-refractivity contribution in [2.75, 3.05) is 20.3 Å². The van der Waals surface area contributed by atoms with Crippen LogP contribution in [0.15, 0.2) is 24.3 Å². The first-order valence-corrected chi connectivity index (χ1v) is 6.97. The molecule has 6 nitrogen and oxygen atoms in total. The summed E-state index contributed by atoms with van der Waals surface area (Å²) in [5.41, 5.74) is 1.61. The van der Waals surface area contributed by atoms with E-state index in [1.54, 1.807) is 24.3 Å². The zero-order valence-corrected chi connectivity index (χ0v) is 11.0. The third-order valence-electron chi connectivity index (χ3n) is 2.27. The number of aliphatic hydroxyl groups excluding tert-OH is 1. The number of aliphatic hydroxyl groups is 1. The topological polar surface area (TPSA) is 87.7 Å². The molecule has 18 heavy (non-hydrogen) atoms. The summed E-state index contributed by atoms with van der Waals surface area (Å²) in [6, 6.07) is 7.04. The van der Waals surface area contributed by atoms with Gasteiger partial charge in [-0.05, 0) is 11.1 Å². The second-order valence-electron chi connectivity index (χ2n) is 3.69. The molecule has 0 aromatic heterocycles. The monoisotopic (exact) mass is 274 g/mol. The standard InChI is InChI=1S/C11H18N2O4S/c1-17-7-6-12-18(15,16)13-8-10-2-4-11(9-14)5-3-10/h2-5,12-14H,6-9H2,1H3. The van der Waals surface area contributed by atoms with E-state index in [-0.39, 0.29) is 19.7 Å². The summed E-state index contributed by atoms with van der Waals surface area (Å²) in [5.74, 6) is 0. The van der Waals surface area contributed by atoms with E-state index in [0.29, 0.717) is 6.61 Å². The summed E-state index contributed by atoms with van der Waals surface area (Å²) < 4.78 is 32.5. The Morgan fingerprint density at radius 2 is 1.78 bits per heavy atom. The summed E-state index contributed by atoms with van der Waals surface area (Å²) in [6.45, 7) is 0.736. The number of hydrogen-bond acceptors (Lipinski definition) is 4. The maximum Gasteiger partial charge on any atom is 0.277 e. The second-order valence-corrected chi connectivity index (χ2v) is 5.27. The van der Waals surface area contributed by atoms with Crippen LogP contribution in [0.2, 0.25) is 0 Å². The lowest BCUT2D eigenvalue weighted by Gasteiger charge is -2.08. The molecule has 1 rings (SSSR count). The van der Waals surface area contributed by atoms with Crippen molar-refractivity contribution in [3.05, 3.63) is 35.4 Å². The molecule has 7 heteroatoms. The van der Waals surface area contributed by atoms with E-state index in [9.17, 15) is 8.42 Å². The molecular formula is C11H18N2O4S. The van der Waals surface area contributed by atoms with Crippen LogP contribution in [0.5, 0.6) is 0 Å². The molecule has 0 heterocycles. The zero-order chi connectivity index (χ0) is 13.4. The van der Waals surface area contributed by atoms with Gasteiger partial charge >= 0.3 is 0 Å². The molecular weight excluding hydrogens is 256 g/mol. The molecule has 0 aliphatic carbocycles. The number of benzene rings is 1. The molecule has 102 valence electrons. The van der Waals surface area contributed by atoms with Crippen LogP contribution >= 0.6 is 0 Å². The Labute approximate surface area is 107 Å². The van der Waals surface area contributed by atoms with Crippen molar-refractivity contribution in [1.29, 1.82) is 0 Å². The zero-order valence-electron chi connectivity index (χ0n) is 10.2. The lowest BCUT2D eigenvalue weighted by molar-refractivity contribution is 0.204. The number of methoxy groups -OCH3 is 1. The molecule has 1 aromatic rings. The van der Waals surface area contributed by atoms with Gasteiger partial charge < -0.3 is 9.84 Å². The van der Waals surface area contributed by atoms with E-state index in [2.05, 4.69) is 9.44 Å². The third-order valence-corrected chi connectivity index (χ3v) is 3.38. The van der Waals surface area contributed by atoms with Crippen LogP contribution in [0.1, 0.15) is 11.1 Å². The Morgan fingerprint density at radius 3 is 2.33 bits per heavy atom. The second kappa shape index (κ2) is 7.45. The van der Waals surface area contributed by atoms with E-state index < -0.39 is 10.2 Å². The highest BCUT2D eigenvalue weighted by atomic mass is 32.2. The minimum absolute atomic E-state index is 0.0232. The molecule has 0 atom stereocenters. The number of ether oxygens (including phenoxy) is 1. The van der Waals surface area contributed by atoms with Crippen molar-refractivity contribution in [2.24, 2.45) is 0 Å². The highest BCUT2D eigenvalue weighted by Gasteiger charge is 2.07. The summed E-state index contributed by atoms with van der Waals surface area (Å²) in [5, 5.41) is 8.87. The Morgan fingerprint density at radius 1 is 1.17 bits per heavy atom. The van der Waals surface area contributed by atoms with E-state index in [1.165, 1.54) is 7.11 Å². The first kappa shape index (κ1) is 15.1. The summed E-state index contributed by atoms with van der Waals surface area (Å²) >= 11 is 0. The highest BCUT2D eigenvalue weighted by Crippen LogP contribution is 2.04. The first-order chi connectivity index (χ1) is 8.57. The van der Waals surface area contributed by atoms with Crippen molar-refractivity contribution in [2.45, 2.75) is 13.2 Å². The van der Waals surface area contributed by atoms with Crippen LogP contribution in [-0.2, 0) is 28.1 Å². The highest BCUT2D eigenvalue weighted by molar-refractivity contribution is 7.87. The van der Waals surface area contributed by atoms with Crippen LogP contribution in [-0.4, -0.2) is 33.8 Å². The number of hydrogen-bond donors (Lipinski definition) is 3. The van der Waals surface area contributed by atoms with E-state index in [1.807, 2.05) is 0 Å². The van der Waals surface area contributed by atoms with Crippen molar-refractivity contribution in [1.82, 2.24) is 9.44 Å². The van der Waals surface area contributed by atoms with Gasteiger partial charge in [-0.1, -0.05) is 24.3 Å². The van der Waals surface area contributed by atoms with Gasteiger partial charge in [0.15, 0.2) is 0 Å². The van der Waals surface area contributed by atoms with Crippen LogP contribution in [0, 0.1) is 0 Å². The van der Waals surface area contributed by atoms with E-state index >= 15 is 0 Å². The molecule has 0 aliphatic rings. The van der Waals surface area contributed by atoms with Crippen LogP contribution in [0.25, 0.3) is 0 Å². The van der Waals surface area contributed by atoms with Crippen molar-refractivity contribution < 1.29 is 18.3 Å². The van der Waals surface area contributed by atoms with Gasteiger partial charge in [-0.25, -0.2) is 0 Å². The number of rotatable bonds is 8. The maximum atomic E-state index is 11.5. The lowest BCUT2D eigenvalue weighted by atomic mass is 10.1. The normalized spacial score (nSPS) is 11.7. The molecule has 0 spiro atoms. The molecule has 0 unspecified atom stereocenters. The van der Waals surface area contributed by atoms with Gasteiger partial charge in [0.05, 0.1) is 13.2 Å². The SMILES string of the molecule is COCCNS(=O)(=O)NCc1ccc(CO)cc1. The predicted octanol–water partition coefficient (Wildman–Crippen LogP) is -0.251. The predicted molar refractivity (Wildman–Crippen MR) is 68.0 cm³/mol. The van der Waals surface area contributed by atoms with Gasteiger partial charge in [-0.2, -0.15) is 17.9 Å². The van der Waals surface area contributed by atoms with Gasteiger partial charge in [0, 0.05) is 20.2 Å². The summed E-state index contributed by atoms with van der Waals surface area (Å²) in [7, 11) is -1.99. The van der Waals surface area contributed by atoms with Crippen molar-refractivity contribution >= 4 is 10.2 Å². The molecule has 0 saturated heterocycles. The molecule has 3 N–H and O–H groups in total. The Hall–Kier alpha value is -0.990. The largest absolute Gasteiger partial charge is 0.392 e. The maximum absolute atomic E-state index is 11.5. The quantitative estimate of drug-likeness (QED) is 0.570. The van der Waals surface area contributed by atoms with E-state index in [4.69, 9.17) is 9.84 Å². The molecule has 0 radical (unpaired) electrons. The smallest absolute Gasteiger partial charge is 0.277 e. The summed E-state index contributed by atoms with van der Waals surface area (Å²) in [6.07, 6.45) is 0. The lowest BCUT2D eigenvalue weighted by Crippen LogP contribution is -2.37. The summed E-state index contributed by atoms with van der Waals surface area (Å²) in [4.78, 5) is 0. The average Bonchev–Trinajstić information content (AvgIpc) is 2.37. The van der Waals surface area contributed by atoms with Gasteiger partial charge in [-0.15, -0.1) is 0 Å². The molecule has 0 aliphatic heterocycles. The van der Waals surface area contributed by atoms with Crippen molar-refractivity contribution in [3.63, 3.8) is 0 Å². The molecule has 0 fully saturated rings. The minimum Gasteiger partial charge on any atom is -0.392 e. The minimum atomic E-state index is -3.50. The van der Waals surface area contributed by atoms with Gasteiger partial charge in [0.2, 0.25) is 0 Å². The van der Waals surface area contributed by atoms with E-state index in [0.717, 1.165) is 11.1 Å². The van der Waals surface area contributed by atoms with Crippen molar-refractivity contribution in [3.8, 4) is 0 Å². The fraction of sp³-hybridized carbons (Fsp3) is 0.455. The third kappa shape index (κ3) is 5.56. The molecule has 1 aromatic carbocycles. The number of nitrogens with one attached hydrogen (secondary N) is 2. The van der Waals surface area contributed by atoms with Crippen LogP contribution in [0.4, 0.5) is 0 Å². The first-order valence-electron chi connectivity index (χ1n) is 5.49.